The summed E-state index contributed by atoms with van der Waals surface area (Å²) in [5.74, 6) is -0.295. The van der Waals surface area contributed by atoms with Crippen molar-refractivity contribution in [2.24, 2.45) is 0 Å². The summed E-state index contributed by atoms with van der Waals surface area (Å²) < 4.78 is 6.00. The number of aryl methyl sites for hydroxylation is 1. The lowest BCUT2D eigenvalue weighted by molar-refractivity contribution is -0.131. The van der Waals surface area contributed by atoms with Crippen molar-refractivity contribution < 1.29 is 24.6 Å². The molecule has 194 valence electrons. The molecule has 8 nitrogen and oxygen atoms in total. The van der Waals surface area contributed by atoms with Crippen LogP contribution in [0.25, 0.3) is 10.9 Å². The van der Waals surface area contributed by atoms with Gasteiger partial charge in [0, 0.05) is 27.7 Å². The standard InChI is InChI=1S/C29H33N3O5/c1-3-12-29(35)15-13-28(14-16-29,18-26(33)32-36)31-27(34)21-8-10-23(11-9-21)37-19-22-17-20(2)30-25-7-5-4-6-24(22)25/h3-11,17,35-36H,1,12-16,18-19H2,2H3,(H,31,34)(H,32,33)/t28-,29-. The minimum atomic E-state index is -0.899. The lowest BCUT2D eigenvalue weighted by Crippen LogP contribution is -2.55. The van der Waals surface area contributed by atoms with Gasteiger partial charge in [-0.15, -0.1) is 6.58 Å². The van der Waals surface area contributed by atoms with Crippen molar-refractivity contribution in [3.05, 3.63) is 84.1 Å². The van der Waals surface area contributed by atoms with Crippen LogP contribution in [0.3, 0.4) is 0 Å². The zero-order valence-electron chi connectivity index (χ0n) is 21.0. The third-order valence-corrected chi connectivity index (χ3v) is 7.11. The molecule has 1 aliphatic rings. The van der Waals surface area contributed by atoms with Gasteiger partial charge in [-0.05, 0) is 75.4 Å². The largest absolute Gasteiger partial charge is 0.489 e. The Morgan fingerprint density at radius 3 is 2.49 bits per heavy atom. The maximum absolute atomic E-state index is 13.1. The molecular weight excluding hydrogens is 470 g/mol. The van der Waals surface area contributed by atoms with Gasteiger partial charge < -0.3 is 15.2 Å². The molecule has 0 spiro atoms. The first-order chi connectivity index (χ1) is 17.7. The summed E-state index contributed by atoms with van der Waals surface area (Å²) in [6.07, 6.45) is 3.66. The number of nitrogens with zero attached hydrogens (tertiary/aromatic N) is 1. The van der Waals surface area contributed by atoms with E-state index in [0.717, 1.165) is 22.2 Å². The molecule has 4 rings (SSSR count). The van der Waals surface area contributed by atoms with Crippen molar-refractivity contribution in [1.82, 2.24) is 15.8 Å². The van der Waals surface area contributed by atoms with Gasteiger partial charge in [-0.2, -0.15) is 0 Å². The molecule has 0 atom stereocenters. The Bertz CT molecular complexity index is 1280. The third kappa shape index (κ3) is 6.34. The summed E-state index contributed by atoms with van der Waals surface area (Å²) in [5.41, 5.74) is 3.18. The number of hydrogen-bond acceptors (Lipinski definition) is 6. The Labute approximate surface area is 216 Å². The average Bonchev–Trinajstić information content (AvgIpc) is 2.89. The highest BCUT2D eigenvalue weighted by molar-refractivity contribution is 5.95. The molecule has 0 unspecified atom stereocenters. The van der Waals surface area contributed by atoms with Crippen LogP contribution in [0.4, 0.5) is 0 Å². The van der Waals surface area contributed by atoms with Crippen LogP contribution in [0, 0.1) is 6.92 Å². The number of carbonyl (C=O) groups excluding carboxylic acids is 2. The first-order valence-electron chi connectivity index (χ1n) is 12.4. The topological polar surface area (TPSA) is 121 Å². The van der Waals surface area contributed by atoms with E-state index in [9.17, 15) is 14.7 Å². The highest BCUT2D eigenvalue weighted by Crippen LogP contribution is 2.39. The number of para-hydroxylation sites is 1. The van der Waals surface area contributed by atoms with Crippen molar-refractivity contribution >= 4 is 22.7 Å². The van der Waals surface area contributed by atoms with Crippen molar-refractivity contribution in [3.63, 3.8) is 0 Å². The predicted octanol–water partition coefficient (Wildman–Crippen LogP) is 4.37. The quantitative estimate of drug-likeness (QED) is 0.196. The zero-order chi connectivity index (χ0) is 26.5. The van der Waals surface area contributed by atoms with Gasteiger partial charge in [0.1, 0.15) is 12.4 Å². The fraction of sp³-hybridized carbons (Fsp3) is 0.345. The number of carbonyl (C=O) groups is 2. The molecule has 8 heteroatoms. The van der Waals surface area contributed by atoms with Crippen molar-refractivity contribution in [3.8, 4) is 5.75 Å². The second-order valence-corrected chi connectivity index (χ2v) is 9.92. The molecule has 0 aliphatic heterocycles. The van der Waals surface area contributed by atoms with Crippen LogP contribution in [0.5, 0.6) is 5.75 Å². The van der Waals surface area contributed by atoms with Gasteiger partial charge in [0.15, 0.2) is 0 Å². The van der Waals surface area contributed by atoms with Gasteiger partial charge in [-0.25, -0.2) is 5.48 Å². The molecule has 1 aliphatic carbocycles. The van der Waals surface area contributed by atoms with Crippen LogP contribution in [-0.4, -0.2) is 38.3 Å². The Morgan fingerprint density at radius 2 is 1.81 bits per heavy atom. The predicted molar refractivity (Wildman–Crippen MR) is 140 cm³/mol. The van der Waals surface area contributed by atoms with E-state index in [-0.39, 0.29) is 12.3 Å². The fourth-order valence-electron chi connectivity index (χ4n) is 5.05. The molecule has 37 heavy (non-hydrogen) atoms. The highest BCUT2D eigenvalue weighted by Gasteiger charge is 2.43. The summed E-state index contributed by atoms with van der Waals surface area (Å²) in [6.45, 7) is 6.02. The average molecular weight is 504 g/mol. The Balaban J connectivity index is 1.43. The maximum atomic E-state index is 13.1. The van der Waals surface area contributed by atoms with Crippen molar-refractivity contribution in [1.29, 1.82) is 0 Å². The van der Waals surface area contributed by atoms with Gasteiger partial charge in [0.2, 0.25) is 5.91 Å². The van der Waals surface area contributed by atoms with E-state index >= 15 is 0 Å². The van der Waals surface area contributed by atoms with E-state index in [1.54, 1.807) is 35.8 Å². The summed E-state index contributed by atoms with van der Waals surface area (Å²) >= 11 is 0. The lowest BCUT2D eigenvalue weighted by atomic mass is 9.71. The number of amides is 2. The minimum Gasteiger partial charge on any atom is -0.489 e. The normalized spacial score (nSPS) is 21.3. The number of fused-ring (bicyclic) bond motifs is 1. The molecule has 0 bridgehead atoms. The first kappa shape index (κ1) is 26.3. The van der Waals surface area contributed by atoms with Crippen molar-refractivity contribution in [2.45, 2.75) is 63.2 Å². The molecule has 0 radical (unpaired) electrons. The molecule has 1 heterocycles. The fourth-order valence-corrected chi connectivity index (χ4v) is 5.05. The number of rotatable bonds is 9. The van der Waals surface area contributed by atoms with Crippen LogP contribution in [0.2, 0.25) is 0 Å². The summed E-state index contributed by atoms with van der Waals surface area (Å²) in [6, 6.07) is 16.8. The number of ether oxygens (including phenoxy) is 1. The summed E-state index contributed by atoms with van der Waals surface area (Å²) in [5, 5.41) is 23.8. The van der Waals surface area contributed by atoms with Gasteiger partial charge in [0.05, 0.1) is 17.5 Å². The third-order valence-electron chi connectivity index (χ3n) is 7.11. The van der Waals surface area contributed by atoms with Gasteiger partial charge >= 0.3 is 0 Å². The van der Waals surface area contributed by atoms with E-state index in [0.29, 0.717) is 50.0 Å². The van der Waals surface area contributed by atoms with Gasteiger partial charge in [0.25, 0.3) is 5.91 Å². The first-order valence-corrected chi connectivity index (χ1v) is 12.4. The molecule has 3 aromatic rings. The monoisotopic (exact) mass is 503 g/mol. The van der Waals surface area contributed by atoms with Crippen LogP contribution >= 0.6 is 0 Å². The van der Waals surface area contributed by atoms with E-state index < -0.39 is 17.0 Å². The second-order valence-electron chi connectivity index (χ2n) is 9.92. The number of benzene rings is 2. The lowest BCUT2D eigenvalue weighted by Gasteiger charge is -2.44. The second kappa shape index (κ2) is 11.1. The zero-order valence-corrected chi connectivity index (χ0v) is 21.0. The van der Waals surface area contributed by atoms with Gasteiger partial charge in [-0.3, -0.25) is 19.8 Å². The Morgan fingerprint density at radius 1 is 1.11 bits per heavy atom. The van der Waals surface area contributed by atoms with E-state index in [1.165, 1.54) is 0 Å². The van der Waals surface area contributed by atoms with E-state index in [4.69, 9.17) is 9.94 Å². The van der Waals surface area contributed by atoms with Crippen LogP contribution in [0.15, 0.2) is 67.3 Å². The highest BCUT2D eigenvalue weighted by atomic mass is 16.5. The summed E-state index contributed by atoms with van der Waals surface area (Å²) in [4.78, 5) is 29.7. The maximum Gasteiger partial charge on any atom is 0.251 e. The SMILES string of the molecule is C=CC[C@]1(O)CC[C@](CC(=O)NO)(NC(=O)c2ccc(OCc3cc(C)nc4ccccc34)cc2)CC1. The molecule has 1 saturated carbocycles. The number of nitrogens with one attached hydrogen (secondary N) is 2. The number of pyridine rings is 1. The number of hydrogen-bond donors (Lipinski definition) is 4. The number of aliphatic hydroxyl groups is 1. The molecule has 0 saturated heterocycles. The van der Waals surface area contributed by atoms with E-state index in [2.05, 4.69) is 16.9 Å². The molecular formula is C29H33N3O5. The minimum absolute atomic E-state index is 0.0834. The Hall–Kier alpha value is -3.75. The van der Waals surface area contributed by atoms with Crippen LogP contribution < -0.4 is 15.5 Å². The number of hydroxylamine groups is 1. The van der Waals surface area contributed by atoms with E-state index in [1.807, 2.05) is 37.3 Å². The molecule has 1 fully saturated rings. The summed E-state index contributed by atoms with van der Waals surface area (Å²) in [7, 11) is 0. The van der Waals surface area contributed by atoms with Crippen LogP contribution in [0.1, 0.15) is 60.1 Å². The molecule has 2 aromatic carbocycles. The van der Waals surface area contributed by atoms with Crippen molar-refractivity contribution in [2.75, 3.05) is 0 Å². The van der Waals surface area contributed by atoms with Crippen LogP contribution in [-0.2, 0) is 11.4 Å². The number of aromatic nitrogens is 1. The molecule has 4 N–H and O–H groups in total. The Kier molecular flexibility index (Phi) is 7.90. The smallest absolute Gasteiger partial charge is 0.251 e. The van der Waals surface area contributed by atoms with Gasteiger partial charge in [-0.1, -0.05) is 24.3 Å². The molecule has 1 aromatic heterocycles. The molecule has 2 amide bonds.